The zero-order valence-electron chi connectivity index (χ0n) is 9.62. The van der Waals surface area contributed by atoms with Crippen molar-refractivity contribution in [3.63, 3.8) is 0 Å². The summed E-state index contributed by atoms with van der Waals surface area (Å²) in [5, 5.41) is 11.8. The fourth-order valence-corrected chi connectivity index (χ4v) is 2.08. The van der Waals surface area contributed by atoms with E-state index in [2.05, 4.69) is 5.32 Å². The van der Waals surface area contributed by atoms with E-state index in [1.165, 1.54) is 0 Å². The Morgan fingerprint density at radius 2 is 2.20 bits per heavy atom. The summed E-state index contributed by atoms with van der Waals surface area (Å²) in [6.45, 7) is 3.92. The van der Waals surface area contributed by atoms with Crippen LogP contribution in [0.15, 0.2) is 0 Å². The monoisotopic (exact) mass is 214 g/mol. The number of carbonyl (C=O) groups excluding carboxylic acids is 1. The van der Waals surface area contributed by atoms with Crippen molar-refractivity contribution in [2.45, 2.75) is 51.1 Å². The molecule has 0 saturated heterocycles. The van der Waals surface area contributed by atoms with Crippen LogP contribution >= 0.6 is 0 Å². The van der Waals surface area contributed by atoms with Crippen molar-refractivity contribution in [1.82, 2.24) is 5.32 Å². The molecule has 1 rings (SSSR count). The summed E-state index contributed by atoms with van der Waals surface area (Å²) >= 11 is 0. The quantitative estimate of drug-likeness (QED) is 0.633. The molecule has 4 N–H and O–H groups in total. The van der Waals surface area contributed by atoms with E-state index in [9.17, 15) is 4.79 Å². The molecule has 15 heavy (non-hydrogen) atoms. The van der Waals surface area contributed by atoms with E-state index in [0.29, 0.717) is 6.42 Å². The summed E-state index contributed by atoms with van der Waals surface area (Å²) in [6, 6.07) is 0.00919. The zero-order valence-corrected chi connectivity index (χ0v) is 9.62. The fraction of sp³-hybridized carbons (Fsp3) is 0.909. The number of aliphatic hydroxyl groups is 1. The Morgan fingerprint density at radius 3 is 2.67 bits per heavy atom. The zero-order chi connectivity index (χ0) is 11.5. The van der Waals surface area contributed by atoms with Crippen molar-refractivity contribution >= 4 is 5.91 Å². The molecule has 4 heteroatoms. The van der Waals surface area contributed by atoms with Crippen molar-refractivity contribution in [2.24, 2.45) is 11.7 Å². The van der Waals surface area contributed by atoms with Gasteiger partial charge in [0.25, 0.3) is 0 Å². The molecule has 2 unspecified atom stereocenters. The number of nitrogens with two attached hydrogens (primary N) is 1. The van der Waals surface area contributed by atoms with E-state index >= 15 is 0 Å². The van der Waals surface area contributed by atoms with Crippen molar-refractivity contribution < 1.29 is 9.90 Å². The second-order valence-electron chi connectivity index (χ2n) is 5.05. The lowest BCUT2D eigenvalue weighted by molar-refractivity contribution is -0.126. The first-order chi connectivity index (χ1) is 6.96. The van der Waals surface area contributed by atoms with E-state index in [1.807, 2.05) is 13.8 Å². The molecule has 1 fully saturated rings. The van der Waals surface area contributed by atoms with Crippen molar-refractivity contribution in [3.8, 4) is 0 Å². The number of rotatable bonds is 4. The van der Waals surface area contributed by atoms with Gasteiger partial charge >= 0.3 is 0 Å². The Balaban J connectivity index is 2.47. The minimum absolute atomic E-state index is 0.00919. The molecule has 0 spiro atoms. The Kier molecular flexibility index (Phi) is 4.11. The van der Waals surface area contributed by atoms with Gasteiger partial charge in [0.05, 0.1) is 5.92 Å². The Bertz CT molecular complexity index is 229. The largest absolute Gasteiger partial charge is 0.396 e. The number of amides is 1. The highest BCUT2D eigenvalue weighted by atomic mass is 16.3. The minimum atomic E-state index is -0.339. The molecule has 4 nitrogen and oxygen atoms in total. The van der Waals surface area contributed by atoms with Gasteiger partial charge in [0, 0.05) is 18.2 Å². The molecule has 0 aliphatic heterocycles. The topological polar surface area (TPSA) is 75.3 Å². The van der Waals surface area contributed by atoms with E-state index in [-0.39, 0.29) is 30.0 Å². The Hall–Kier alpha value is -0.610. The van der Waals surface area contributed by atoms with E-state index in [4.69, 9.17) is 10.8 Å². The normalized spacial score (nSPS) is 26.7. The number of carbonyl (C=O) groups is 1. The number of aliphatic hydroxyl groups excluding tert-OH is 1. The SMILES string of the molecule is CC(C)(CCO)NC(=O)C1CCCC1N. The average Bonchev–Trinajstić information content (AvgIpc) is 2.50. The van der Waals surface area contributed by atoms with E-state index in [1.54, 1.807) is 0 Å². The van der Waals surface area contributed by atoms with Gasteiger partial charge < -0.3 is 16.2 Å². The first-order valence-electron chi connectivity index (χ1n) is 5.65. The van der Waals surface area contributed by atoms with Gasteiger partial charge in [-0.2, -0.15) is 0 Å². The molecule has 0 aromatic rings. The van der Waals surface area contributed by atoms with Gasteiger partial charge in [0.15, 0.2) is 0 Å². The van der Waals surface area contributed by atoms with Crippen LogP contribution in [-0.4, -0.2) is 29.2 Å². The highest BCUT2D eigenvalue weighted by Gasteiger charge is 2.32. The summed E-state index contributed by atoms with van der Waals surface area (Å²) in [7, 11) is 0. The van der Waals surface area contributed by atoms with Gasteiger partial charge in [-0.15, -0.1) is 0 Å². The fourth-order valence-electron chi connectivity index (χ4n) is 2.08. The van der Waals surface area contributed by atoms with Crippen LogP contribution < -0.4 is 11.1 Å². The lowest BCUT2D eigenvalue weighted by Gasteiger charge is -2.28. The summed E-state index contributed by atoms with van der Waals surface area (Å²) < 4.78 is 0. The highest BCUT2D eigenvalue weighted by molar-refractivity contribution is 5.80. The van der Waals surface area contributed by atoms with Gasteiger partial charge in [0.1, 0.15) is 0 Å². The van der Waals surface area contributed by atoms with Crippen LogP contribution in [0.2, 0.25) is 0 Å². The van der Waals surface area contributed by atoms with E-state index in [0.717, 1.165) is 19.3 Å². The molecule has 0 aromatic heterocycles. The van der Waals surface area contributed by atoms with Crippen molar-refractivity contribution in [1.29, 1.82) is 0 Å². The molecule has 1 aliphatic rings. The Labute approximate surface area is 91.2 Å². The standard InChI is InChI=1S/C11H22N2O2/c1-11(2,6-7-14)13-10(15)8-4-3-5-9(8)12/h8-9,14H,3-7,12H2,1-2H3,(H,13,15). The van der Waals surface area contributed by atoms with Crippen LogP contribution in [0.4, 0.5) is 0 Å². The van der Waals surface area contributed by atoms with Gasteiger partial charge in [-0.3, -0.25) is 4.79 Å². The maximum Gasteiger partial charge on any atom is 0.225 e. The summed E-state index contributed by atoms with van der Waals surface area (Å²) in [5.74, 6) is 0.00131. The van der Waals surface area contributed by atoms with Gasteiger partial charge in [-0.05, 0) is 33.1 Å². The predicted molar refractivity (Wildman–Crippen MR) is 59.2 cm³/mol. The average molecular weight is 214 g/mol. The molecule has 0 bridgehead atoms. The molecular weight excluding hydrogens is 192 g/mol. The molecule has 0 aromatic carbocycles. The molecule has 1 amide bonds. The minimum Gasteiger partial charge on any atom is -0.396 e. The molecule has 1 aliphatic carbocycles. The molecule has 0 heterocycles. The Morgan fingerprint density at radius 1 is 1.53 bits per heavy atom. The summed E-state index contributed by atoms with van der Waals surface area (Å²) in [4.78, 5) is 11.9. The lowest BCUT2D eigenvalue weighted by atomic mass is 9.97. The van der Waals surface area contributed by atoms with Crippen molar-refractivity contribution in [3.05, 3.63) is 0 Å². The third-order valence-electron chi connectivity index (χ3n) is 3.10. The number of hydrogen-bond acceptors (Lipinski definition) is 3. The van der Waals surface area contributed by atoms with Gasteiger partial charge in [-0.25, -0.2) is 0 Å². The number of nitrogens with one attached hydrogen (secondary N) is 1. The van der Waals surface area contributed by atoms with Crippen LogP contribution in [0.5, 0.6) is 0 Å². The van der Waals surface area contributed by atoms with Crippen LogP contribution in [0.25, 0.3) is 0 Å². The molecule has 0 radical (unpaired) electrons. The van der Waals surface area contributed by atoms with Gasteiger partial charge in [-0.1, -0.05) is 6.42 Å². The third kappa shape index (κ3) is 3.47. The molecule has 1 saturated carbocycles. The summed E-state index contributed by atoms with van der Waals surface area (Å²) in [5.41, 5.74) is 5.52. The van der Waals surface area contributed by atoms with Crippen molar-refractivity contribution in [2.75, 3.05) is 6.61 Å². The van der Waals surface area contributed by atoms with Crippen LogP contribution in [0.1, 0.15) is 39.5 Å². The van der Waals surface area contributed by atoms with E-state index < -0.39 is 0 Å². The van der Waals surface area contributed by atoms with Crippen LogP contribution in [0, 0.1) is 5.92 Å². The maximum atomic E-state index is 11.9. The van der Waals surface area contributed by atoms with Crippen LogP contribution in [-0.2, 0) is 4.79 Å². The second kappa shape index (κ2) is 4.94. The third-order valence-corrected chi connectivity index (χ3v) is 3.10. The maximum absolute atomic E-state index is 11.9. The molecular formula is C11H22N2O2. The molecule has 2 atom stereocenters. The second-order valence-corrected chi connectivity index (χ2v) is 5.05. The first kappa shape index (κ1) is 12.5. The first-order valence-corrected chi connectivity index (χ1v) is 5.65. The van der Waals surface area contributed by atoms with Crippen LogP contribution in [0.3, 0.4) is 0 Å². The summed E-state index contributed by atoms with van der Waals surface area (Å²) in [6.07, 6.45) is 3.45. The molecule has 88 valence electrons. The smallest absolute Gasteiger partial charge is 0.225 e. The lowest BCUT2D eigenvalue weighted by Crippen LogP contribution is -2.49. The predicted octanol–water partition coefficient (Wildman–Crippen LogP) is 0.391. The number of hydrogen-bond donors (Lipinski definition) is 3. The van der Waals surface area contributed by atoms with Gasteiger partial charge in [0.2, 0.25) is 5.91 Å². The highest BCUT2D eigenvalue weighted by Crippen LogP contribution is 2.24.